The van der Waals surface area contributed by atoms with E-state index in [0.29, 0.717) is 5.56 Å². The second-order valence-electron chi connectivity index (χ2n) is 4.92. The van der Waals surface area contributed by atoms with E-state index in [0.717, 1.165) is 17.1 Å². The van der Waals surface area contributed by atoms with Gasteiger partial charge < -0.3 is 15.5 Å². The van der Waals surface area contributed by atoms with E-state index in [-0.39, 0.29) is 27.7 Å². The van der Waals surface area contributed by atoms with Gasteiger partial charge >= 0.3 is 0 Å². The zero-order valence-electron chi connectivity index (χ0n) is 12.0. The number of aryl methyl sites for hydroxylation is 2. The van der Waals surface area contributed by atoms with Gasteiger partial charge in [0, 0.05) is 11.1 Å². The Labute approximate surface area is 133 Å². The number of benzene rings is 1. The lowest BCUT2D eigenvalue weighted by Crippen LogP contribution is -2.26. The fraction of sp³-hybridized carbons (Fsp3) is 0.267. The van der Waals surface area contributed by atoms with Gasteiger partial charge in [0.2, 0.25) is 0 Å². The molecule has 1 amide bonds. The Morgan fingerprint density at radius 1 is 1.24 bits per heavy atom. The Bertz CT molecular complexity index is 672. The first kappa shape index (κ1) is 15.7. The molecule has 0 fully saturated rings. The molecule has 0 bridgehead atoms. The van der Waals surface area contributed by atoms with Crippen LogP contribution in [0.4, 0.5) is 5.69 Å². The normalized spacial score (nSPS) is 12.2. The van der Waals surface area contributed by atoms with Crippen molar-refractivity contribution in [2.45, 2.75) is 26.8 Å². The van der Waals surface area contributed by atoms with Crippen molar-refractivity contribution in [3.05, 3.63) is 50.9 Å². The predicted molar refractivity (Wildman–Crippen MR) is 84.9 cm³/mol. The maximum absolute atomic E-state index is 12.3. The Kier molecular flexibility index (Phi) is 4.49. The molecule has 0 aliphatic rings. The molecule has 4 nitrogen and oxygen atoms in total. The van der Waals surface area contributed by atoms with Crippen LogP contribution in [0.3, 0.4) is 0 Å². The first-order valence-electron chi connectivity index (χ1n) is 6.42. The lowest BCUT2D eigenvalue weighted by atomic mass is 10.1. The summed E-state index contributed by atoms with van der Waals surface area (Å²) in [5.41, 5.74) is 7.23. The molecule has 3 N–H and O–H groups in total. The highest BCUT2D eigenvalue weighted by molar-refractivity contribution is 6.39. The number of amides is 1. The second kappa shape index (κ2) is 6.00. The van der Waals surface area contributed by atoms with Crippen LogP contribution < -0.4 is 11.1 Å². The Morgan fingerprint density at radius 2 is 1.81 bits per heavy atom. The van der Waals surface area contributed by atoms with E-state index in [1.165, 1.54) is 12.1 Å². The molecule has 1 aromatic heterocycles. The highest BCUT2D eigenvalue weighted by Gasteiger charge is 2.17. The van der Waals surface area contributed by atoms with Gasteiger partial charge in [-0.3, -0.25) is 4.79 Å². The number of rotatable bonds is 3. The summed E-state index contributed by atoms with van der Waals surface area (Å²) in [6.07, 6.45) is 0. The molecule has 0 saturated carbocycles. The minimum Gasteiger partial charge on any atom is -0.466 e. The predicted octanol–water partition coefficient (Wildman–Crippen LogP) is 4.28. The number of furan rings is 1. The zero-order valence-corrected chi connectivity index (χ0v) is 13.5. The lowest BCUT2D eigenvalue weighted by Gasteiger charge is -2.14. The van der Waals surface area contributed by atoms with Crippen molar-refractivity contribution in [1.82, 2.24) is 5.32 Å². The fourth-order valence-electron chi connectivity index (χ4n) is 2.15. The van der Waals surface area contributed by atoms with Gasteiger partial charge in [-0.2, -0.15) is 0 Å². The number of anilines is 1. The topological polar surface area (TPSA) is 68.3 Å². The molecule has 0 radical (unpaired) electrons. The summed E-state index contributed by atoms with van der Waals surface area (Å²) < 4.78 is 5.47. The number of nitrogens with one attached hydrogen (secondary N) is 1. The molecule has 21 heavy (non-hydrogen) atoms. The summed E-state index contributed by atoms with van der Waals surface area (Å²) in [4.78, 5) is 12.3. The van der Waals surface area contributed by atoms with E-state index < -0.39 is 0 Å². The van der Waals surface area contributed by atoms with Crippen LogP contribution in [0.25, 0.3) is 0 Å². The molecule has 1 unspecified atom stereocenters. The van der Waals surface area contributed by atoms with Crippen molar-refractivity contribution in [2.75, 3.05) is 5.73 Å². The van der Waals surface area contributed by atoms with E-state index in [1.54, 1.807) is 0 Å². The SMILES string of the molecule is Cc1cc(C(C)NC(=O)c2cc(Cl)c(N)c(Cl)c2)c(C)o1. The highest BCUT2D eigenvalue weighted by Crippen LogP contribution is 2.29. The molecule has 0 saturated heterocycles. The molecule has 0 aliphatic heterocycles. The quantitative estimate of drug-likeness (QED) is 0.827. The van der Waals surface area contributed by atoms with Gasteiger partial charge in [-0.1, -0.05) is 23.2 Å². The van der Waals surface area contributed by atoms with Gasteiger partial charge in [-0.15, -0.1) is 0 Å². The van der Waals surface area contributed by atoms with Crippen LogP contribution in [0, 0.1) is 13.8 Å². The average molecular weight is 327 g/mol. The average Bonchev–Trinajstić information content (AvgIpc) is 2.74. The number of carbonyl (C=O) groups is 1. The summed E-state index contributed by atoms with van der Waals surface area (Å²) in [6.45, 7) is 5.61. The first-order valence-corrected chi connectivity index (χ1v) is 7.17. The maximum Gasteiger partial charge on any atom is 0.251 e. The third-order valence-corrected chi connectivity index (χ3v) is 3.86. The maximum atomic E-state index is 12.3. The van der Waals surface area contributed by atoms with E-state index >= 15 is 0 Å². The molecule has 1 aromatic carbocycles. The number of hydrogen-bond acceptors (Lipinski definition) is 3. The third kappa shape index (κ3) is 3.34. The van der Waals surface area contributed by atoms with E-state index in [4.69, 9.17) is 33.4 Å². The van der Waals surface area contributed by atoms with Crippen molar-refractivity contribution in [2.24, 2.45) is 0 Å². The van der Waals surface area contributed by atoms with Gasteiger partial charge in [0.05, 0.1) is 21.8 Å². The second-order valence-corrected chi connectivity index (χ2v) is 5.73. The summed E-state index contributed by atoms with van der Waals surface area (Å²) in [5.74, 6) is 1.32. The van der Waals surface area contributed by atoms with Gasteiger partial charge in [0.15, 0.2) is 0 Å². The summed E-state index contributed by atoms with van der Waals surface area (Å²) >= 11 is 11.9. The molecular weight excluding hydrogens is 311 g/mol. The van der Waals surface area contributed by atoms with E-state index in [1.807, 2.05) is 26.8 Å². The Hall–Kier alpha value is -1.65. The van der Waals surface area contributed by atoms with E-state index in [9.17, 15) is 4.79 Å². The monoisotopic (exact) mass is 326 g/mol. The van der Waals surface area contributed by atoms with Crippen LogP contribution in [0.2, 0.25) is 10.0 Å². The van der Waals surface area contributed by atoms with Gasteiger partial charge in [-0.25, -0.2) is 0 Å². The molecule has 112 valence electrons. The largest absolute Gasteiger partial charge is 0.466 e. The van der Waals surface area contributed by atoms with Crippen molar-refractivity contribution < 1.29 is 9.21 Å². The van der Waals surface area contributed by atoms with E-state index in [2.05, 4.69) is 5.32 Å². The van der Waals surface area contributed by atoms with Crippen LogP contribution in [-0.2, 0) is 0 Å². The van der Waals surface area contributed by atoms with Crippen LogP contribution in [0.5, 0.6) is 0 Å². The molecule has 6 heteroatoms. The molecule has 1 atom stereocenters. The van der Waals surface area contributed by atoms with Crippen molar-refractivity contribution in [3.8, 4) is 0 Å². The number of halogens is 2. The van der Waals surface area contributed by atoms with Crippen LogP contribution in [0.1, 0.15) is 40.4 Å². The van der Waals surface area contributed by atoms with Gasteiger partial charge in [0.25, 0.3) is 5.91 Å². The summed E-state index contributed by atoms with van der Waals surface area (Å²) in [7, 11) is 0. The molecule has 0 aliphatic carbocycles. The molecule has 2 rings (SSSR count). The lowest BCUT2D eigenvalue weighted by molar-refractivity contribution is 0.0940. The highest BCUT2D eigenvalue weighted by atomic mass is 35.5. The Morgan fingerprint density at radius 3 is 2.29 bits per heavy atom. The van der Waals surface area contributed by atoms with Gasteiger partial charge in [-0.05, 0) is 39.0 Å². The summed E-state index contributed by atoms with van der Waals surface area (Å²) in [6, 6.07) is 4.71. The first-order chi connectivity index (χ1) is 9.79. The number of carbonyl (C=O) groups excluding carboxylic acids is 1. The number of hydrogen-bond donors (Lipinski definition) is 2. The summed E-state index contributed by atoms with van der Waals surface area (Å²) in [5, 5.41) is 3.40. The standard InChI is InChI=1S/C15H16Cl2N2O2/c1-7-4-11(9(3)21-7)8(2)19-15(20)10-5-12(16)14(18)13(17)6-10/h4-6,8H,18H2,1-3H3,(H,19,20). The van der Waals surface area contributed by atoms with Gasteiger partial charge in [0.1, 0.15) is 11.5 Å². The van der Waals surface area contributed by atoms with Crippen molar-refractivity contribution >= 4 is 34.8 Å². The molecule has 0 spiro atoms. The number of nitrogens with two attached hydrogens (primary N) is 1. The zero-order chi connectivity index (χ0) is 15.7. The number of nitrogen functional groups attached to an aromatic ring is 1. The minimum absolute atomic E-state index is 0.190. The molecule has 2 aromatic rings. The molecule has 1 heterocycles. The smallest absolute Gasteiger partial charge is 0.251 e. The fourth-order valence-corrected chi connectivity index (χ4v) is 2.64. The molecular formula is C15H16Cl2N2O2. The Balaban J connectivity index is 2.20. The minimum atomic E-state index is -0.274. The van der Waals surface area contributed by atoms with Crippen LogP contribution >= 0.6 is 23.2 Å². The third-order valence-electron chi connectivity index (χ3n) is 3.23. The van der Waals surface area contributed by atoms with Crippen molar-refractivity contribution in [3.63, 3.8) is 0 Å². The van der Waals surface area contributed by atoms with Crippen LogP contribution in [0.15, 0.2) is 22.6 Å². The van der Waals surface area contributed by atoms with Crippen LogP contribution in [-0.4, -0.2) is 5.91 Å². The van der Waals surface area contributed by atoms with Crippen molar-refractivity contribution in [1.29, 1.82) is 0 Å².